The van der Waals surface area contributed by atoms with Crippen molar-refractivity contribution < 1.29 is 14.6 Å². The topological polar surface area (TPSA) is 80.6 Å². The van der Waals surface area contributed by atoms with Gasteiger partial charge in [-0.3, -0.25) is 4.79 Å². The third-order valence-electron chi connectivity index (χ3n) is 2.68. The molecule has 0 saturated heterocycles. The number of ether oxygens (including phenoxy) is 1. The summed E-state index contributed by atoms with van der Waals surface area (Å²) in [6, 6.07) is 1.53. The monoisotopic (exact) mass is 238 g/mol. The van der Waals surface area contributed by atoms with Gasteiger partial charge in [0.25, 0.3) is 5.88 Å². The summed E-state index contributed by atoms with van der Waals surface area (Å²) in [5.74, 6) is -0.594. The molecule has 0 radical (unpaired) electrons. The molecule has 1 aliphatic rings. The van der Waals surface area contributed by atoms with Crippen LogP contribution in [-0.2, 0) is 0 Å². The van der Waals surface area contributed by atoms with Gasteiger partial charge in [-0.25, -0.2) is 4.79 Å². The zero-order valence-corrected chi connectivity index (χ0v) is 9.69. The van der Waals surface area contributed by atoms with Gasteiger partial charge < -0.3 is 19.7 Å². The molecule has 0 aliphatic heterocycles. The van der Waals surface area contributed by atoms with Crippen molar-refractivity contribution >= 4 is 6.09 Å². The maximum absolute atomic E-state index is 11.5. The van der Waals surface area contributed by atoms with E-state index in [0.717, 1.165) is 12.8 Å². The van der Waals surface area contributed by atoms with Crippen molar-refractivity contribution in [3.05, 3.63) is 22.0 Å². The van der Waals surface area contributed by atoms with Crippen LogP contribution in [0.15, 0.2) is 10.9 Å². The number of aromatic hydroxyl groups is 1. The highest BCUT2D eigenvalue weighted by Gasteiger charge is 2.30. The lowest BCUT2D eigenvalue weighted by Crippen LogP contribution is -2.25. The van der Waals surface area contributed by atoms with Crippen molar-refractivity contribution in [3.63, 3.8) is 0 Å². The van der Waals surface area contributed by atoms with Gasteiger partial charge in [-0.15, -0.1) is 0 Å². The van der Waals surface area contributed by atoms with Gasteiger partial charge in [0, 0.05) is 24.8 Å². The SMILES string of the molecule is CNC(=O)Oc1c(O)c(=O)cc(C)n1C1CC1. The van der Waals surface area contributed by atoms with Crippen LogP contribution in [-0.4, -0.2) is 22.8 Å². The molecule has 1 aliphatic carbocycles. The van der Waals surface area contributed by atoms with E-state index in [1.807, 2.05) is 0 Å². The normalized spacial score (nSPS) is 14.5. The summed E-state index contributed by atoms with van der Waals surface area (Å²) in [6.07, 6.45) is 1.19. The summed E-state index contributed by atoms with van der Waals surface area (Å²) in [5, 5.41) is 12.0. The minimum absolute atomic E-state index is 0.0724. The van der Waals surface area contributed by atoms with Gasteiger partial charge in [0.2, 0.25) is 11.2 Å². The largest absolute Gasteiger partial charge is 0.500 e. The van der Waals surface area contributed by atoms with E-state index >= 15 is 0 Å². The molecule has 0 spiro atoms. The predicted molar refractivity (Wildman–Crippen MR) is 60.5 cm³/mol. The van der Waals surface area contributed by atoms with Crippen molar-refractivity contribution in [3.8, 4) is 11.6 Å². The van der Waals surface area contributed by atoms with Crippen molar-refractivity contribution in [2.24, 2.45) is 0 Å². The van der Waals surface area contributed by atoms with E-state index < -0.39 is 17.3 Å². The molecule has 1 fully saturated rings. The van der Waals surface area contributed by atoms with Crippen molar-refractivity contribution in [1.82, 2.24) is 9.88 Å². The molecule has 0 unspecified atom stereocenters. The Kier molecular flexibility index (Phi) is 2.79. The Bertz CT molecular complexity index is 517. The van der Waals surface area contributed by atoms with Gasteiger partial charge in [0.15, 0.2) is 0 Å². The molecule has 2 N–H and O–H groups in total. The second kappa shape index (κ2) is 4.12. The minimum Gasteiger partial charge on any atom is -0.500 e. The van der Waals surface area contributed by atoms with Crippen LogP contribution in [0, 0.1) is 6.92 Å². The Morgan fingerprint density at radius 1 is 1.59 bits per heavy atom. The number of carbonyl (C=O) groups is 1. The lowest BCUT2D eigenvalue weighted by Gasteiger charge is -2.16. The molecule has 1 saturated carbocycles. The van der Waals surface area contributed by atoms with Crippen LogP contribution in [0.4, 0.5) is 4.79 Å². The molecular formula is C11H14N2O4. The number of pyridine rings is 1. The Morgan fingerprint density at radius 2 is 2.24 bits per heavy atom. The summed E-state index contributed by atoms with van der Waals surface area (Å²) in [7, 11) is 1.41. The van der Waals surface area contributed by atoms with Crippen molar-refractivity contribution in [2.75, 3.05) is 7.05 Å². The van der Waals surface area contributed by atoms with E-state index in [1.54, 1.807) is 11.5 Å². The maximum atomic E-state index is 11.5. The van der Waals surface area contributed by atoms with Gasteiger partial charge in [0.05, 0.1) is 0 Å². The van der Waals surface area contributed by atoms with E-state index in [0.29, 0.717) is 5.69 Å². The Labute approximate surface area is 97.8 Å². The average molecular weight is 238 g/mol. The fourth-order valence-corrected chi connectivity index (χ4v) is 1.73. The maximum Gasteiger partial charge on any atom is 0.413 e. The zero-order chi connectivity index (χ0) is 12.6. The lowest BCUT2D eigenvalue weighted by molar-refractivity contribution is 0.195. The van der Waals surface area contributed by atoms with Gasteiger partial charge in [0.1, 0.15) is 0 Å². The number of hydrogen-bond donors (Lipinski definition) is 2. The number of hydrogen-bond acceptors (Lipinski definition) is 4. The molecule has 6 nitrogen and oxygen atoms in total. The fraction of sp³-hybridized carbons (Fsp3) is 0.455. The van der Waals surface area contributed by atoms with E-state index in [4.69, 9.17) is 4.74 Å². The van der Waals surface area contributed by atoms with Crippen molar-refractivity contribution in [1.29, 1.82) is 0 Å². The van der Waals surface area contributed by atoms with E-state index in [-0.39, 0.29) is 11.9 Å². The van der Waals surface area contributed by atoms with Crippen LogP contribution in [0.1, 0.15) is 24.6 Å². The standard InChI is InChI=1S/C11H14N2O4/c1-6-5-8(14)9(15)10(17-11(16)12-2)13(6)7-3-4-7/h5,7,15H,3-4H2,1-2H3,(H,12,16). The summed E-state index contributed by atoms with van der Waals surface area (Å²) < 4.78 is 6.64. The molecule has 1 amide bonds. The predicted octanol–water partition coefficient (Wildman–Crippen LogP) is 0.915. The van der Waals surface area contributed by atoms with Crippen LogP contribution < -0.4 is 15.5 Å². The van der Waals surface area contributed by atoms with E-state index in [2.05, 4.69) is 5.32 Å². The number of nitrogens with zero attached hydrogens (tertiary/aromatic N) is 1. The first kappa shape index (κ1) is 11.5. The van der Waals surface area contributed by atoms with E-state index in [1.165, 1.54) is 13.1 Å². The average Bonchev–Trinajstić information content (AvgIpc) is 3.09. The minimum atomic E-state index is -0.709. The second-order valence-electron chi connectivity index (χ2n) is 4.04. The van der Waals surface area contributed by atoms with Gasteiger partial charge >= 0.3 is 6.09 Å². The highest BCUT2D eigenvalue weighted by molar-refractivity contribution is 5.70. The Balaban J connectivity index is 2.52. The Hall–Kier alpha value is -1.98. The second-order valence-corrected chi connectivity index (χ2v) is 4.04. The quantitative estimate of drug-likeness (QED) is 0.802. The molecule has 92 valence electrons. The highest BCUT2D eigenvalue weighted by atomic mass is 16.6. The molecule has 0 bridgehead atoms. The molecule has 1 aromatic rings. The van der Waals surface area contributed by atoms with E-state index in [9.17, 15) is 14.7 Å². The summed E-state index contributed by atoms with van der Waals surface area (Å²) in [5.41, 5.74) is 0.132. The van der Waals surface area contributed by atoms with Crippen LogP contribution in [0.25, 0.3) is 0 Å². The number of nitrogens with one attached hydrogen (secondary N) is 1. The molecule has 0 atom stereocenters. The third kappa shape index (κ3) is 2.11. The van der Waals surface area contributed by atoms with Gasteiger partial charge in [-0.2, -0.15) is 0 Å². The number of rotatable bonds is 2. The number of carbonyl (C=O) groups excluding carboxylic acids is 1. The van der Waals surface area contributed by atoms with Crippen LogP contribution in [0.5, 0.6) is 11.6 Å². The summed E-state index contributed by atoms with van der Waals surface area (Å²) in [4.78, 5) is 22.6. The molecule has 0 aromatic carbocycles. The van der Waals surface area contributed by atoms with Crippen LogP contribution in [0.2, 0.25) is 0 Å². The number of amides is 1. The fourth-order valence-electron chi connectivity index (χ4n) is 1.73. The Morgan fingerprint density at radius 3 is 2.76 bits per heavy atom. The molecule has 1 heterocycles. The highest BCUT2D eigenvalue weighted by Crippen LogP contribution is 2.41. The molecule has 1 aromatic heterocycles. The van der Waals surface area contributed by atoms with Crippen LogP contribution >= 0.6 is 0 Å². The zero-order valence-electron chi connectivity index (χ0n) is 9.69. The summed E-state index contributed by atoms with van der Waals surface area (Å²) >= 11 is 0. The smallest absolute Gasteiger partial charge is 0.413 e. The first-order valence-corrected chi connectivity index (χ1v) is 5.39. The van der Waals surface area contributed by atoms with Crippen LogP contribution in [0.3, 0.4) is 0 Å². The molecule has 17 heavy (non-hydrogen) atoms. The number of aromatic nitrogens is 1. The molecule has 2 rings (SSSR count). The van der Waals surface area contributed by atoms with Gasteiger partial charge in [-0.05, 0) is 19.8 Å². The first-order chi connectivity index (χ1) is 8.04. The molecular weight excluding hydrogens is 224 g/mol. The summed E-state index contributed by atoms with van der Waals surface area (Å²) in [6.45, 7) is 1.75. The van der Waals surface area contributed by atoms with Gasteiger partial charge in [-0.1, -0.05) is 0 Å². The van der Waals surface area contributed by atoms with Crippen molar-refractivity contribution in [2.45, 2.75) is 25.8 Å². The molecule has 6 heteroatoms. The first-order valence-electron chi connectivity index (χ1n) is 5.39. The lowest BCUT2D eigenvalue weighted by atomic mass is 10.3. The third-order valence-corrected chi connectivity index (χ3v) is 2.68. The number of aryl methyl sites for hydroxylation is 1.